The molecule has 0 aliphatic rings. The number of fused-ring (bicyclic) bond motifs is 4. The number of likely N-dealkylation sites (N-methyl/N-ethyl adjacent to an activating group) is 1. The van der Waals surface area contributed by atoms with Crippen LogP contribution in [0.1, 0.15) is 17.3 Å². The van der Waals surface area contributed by atoms with E-state index in [-0.39, 0.29) is 11.9 Å². The Morgan fingerprint density at radius 1 is 1.00 bits per heavy atom. The van der Waals surface area contributed by atoms with Crippen molar-refractivity contribution in [3.8, 4) is 5.75 Å². The minimum atomic E-state index is -0.142. The van der Waals surface area contributed by atoms with Crippen molar-refractivity contribution in [1.82, 2.24) is 20.2 Å². The van der Waals surface area contributed by atoms with Crippen molar-refractivity contribution in [2.75, 3.05) is 27.7 Å². The van der Waals surface area contributed by atoms with Crippen molar-refractivity contribution < 1.29 is 9.53 Å². The van der Waals surface area contributed by atoms with Crippen LogP contribution in [-0.2, 0) is 0 Å². The number of benzene rings is 3. The Kier molecular flexibility index (Phi) is 5.03. The molecule has 6 heteroatoms. The maximum Gasteiger partial charge on any atom is 0.253 e. The maximum atomic E-state index is 12.9. The number of amides is 1. The number of ether oxygens (including phenoxy) is 1. The van der Waals surface area contributed by atoms with Crippen molar-refractivity contribution in [3.05, 3.63) is 54.1 Å². The van der Waals surface area contributed by atoms with E-state index in [4.69, 9.17) is 14.7 Å². The molecular weight excluding hydrogens is 364 g/mol. The van der Waals surface area contributed by atoms with Crippen molar-refractivity contribution >= 4 is 38.7 Å². The molecule has 4 rings (SSSR count). The number of hydrogen-bond donors (Lipinski definition) is 1. The fourth-order valence-corrected chi connectivity index (χ4v) is 3.75. The summed E-state index contributed by atoms with van der Waals surface area (Å²) in [5.41, 5.74) is 3.38. The first-order valence-corrected chi connectivity index (χ1v) is 9.59. The van der Waals surface area contributed by atoms with Crippen LogP contribution in [0.3, 0.4) is 0 Å². The summed E-state index contributed by atoms with van der Waals surface area (Å²) in [5, 5.41) is 4.98. The normalized spacial score (nSPS) is 12.6. The van der Waals surface area contributed by atoms with Crippen LogP contribution in [0, 0.1) is 0 Å². The fourth-order valence-electron chi connectivity index (χ4n) is 3.75. The fraction of sp³-hybridized carbons (Fsp3) is 0.261. The van der Waals surface area contributed by atoms with E-state index >= 15 is 0 Å². The van der Waals surface area contributed by atoms with Gasteiger partial charge in [0.25, 0.3) is 5.91 Å². The average Bonchev–Trinajstić information content (AvgIpc) is 2.70. The molecule has 29 heavy (non-hydrogen) atoms. The number of aromatic nitrogens is 2. The molecule has 0 bridgehead atoms. The van der Waals surface area contributed by atoms with Gasteiger partial charge < -0.3 is 15.0 Å². The van der Waals surface area contributed by atoms with Crippen molar-refractivity contribution in [2.24, 2.45) is 0 Å². The quantitative estimate of drug-likeness (QED) is 0.418. The topological polar surface area (TPSA) is 67.3 Å². The largest absolute Gasteiger partial charge is 0.496 e. The van der Waals surface area contributed by atoms with Crippen LogP contribution in [0.4, 0.5) is 0 Å². The van der Waals surface area contributed by atoms with Gasteiger partial charge in [0, 0.05) is 23.4 Å². The Hall–Kier alpha value is -3.25. The van der Waals surface area contributed by atoms with Gasteiger partial charge in [-0.15, -0.1) is 0 Å². The molecule has 1 aromatic heterocycles. The Morgan fingerprint density at radius 2 is 1.76 bits per heavy atom. The van der Waals surface area contributed by atoms with Gasteiger partial charge >= 0.3 is 0 Å². The Labute approximate surface area is 169 Å². The van der Waals surface area contributed by atoms with E-state index < -0.39 is 0 Å². The maximum absolute atomic E-state index is 12.9. The number of methoxy groups -OCH3 is 1. The molecule has 0 spiro atoms. The highest BCUT2D eigenvalue weighted by atomic mass is 16.5. The highest BCUT2D eigenvalue weighted by Gasteiger charge is 2.16. The molecule has 4 aromatic rings. The van der Waals surface area contributed by atoms with Crippen LogP contribution in [0.5, 0.6) is 5.75 Å². The molecule has 0 aliphatic heterocycles. The predicted molar refractivity (Wildman–Crippen MR) is 117 cm³/mol. The average molecular weight is 388 g/mol. The molecule has 0 aliphatic carbocycles. The molecule has 0 radical (unpaired) electrons. The lowest BCUT2D eigenvalue weighted by Gasteiger charge is -2.18. The molecule has 1 N–H and O–H groups in total. The molecule has 6 nitrogen and oxygen atoms in total. The zero-order chi connectivity index (χ0) is 20.5. The van der Waals surface area contributed by atoms with E-state index in [0.29, 0.717) is 16.6 Å². The summed E-state index contributed by atoms with van der Waals surface area (Å²) in [7, 11) is 5.62. The molecular formula is C23H24N4O2. The van der Waals surface area contributed by atoms with Gasteiger partial charge in [0.15, 0.2) is 0 Å². The smallest absolute Gasteiger partial charge is 0.253 e. The summed E-state index contributed by atoms with van der Waals surface area (Å²) in [4.78, 5) is 24.6. The second kappa shape index (κ2) is 7.64. The summed E-state index contributed by atoms with van der Waals surface area (Å²) in [6.45, 7) is 2.75. The van der Waals surface area contributed by atoms with Crippen LogP contribution in [-0.4, -0.2) is 54.6 Å². The molecule has 0 saturated heterocycles. The van der Waals surface area contributed by atoms with E-state index in [1.165, 1.54) is 0 Å². The third-order valence-corrected chi connectivity index (χ3v) is 4.93. The van der Waals surface area contributed by atoms with Gasteiger partial charge in [0.2, 0.25) is 0 Å². The van der Waals surface area contributed by atoms with Gasteiger partial charge in [-0.3, -0.25) is 4.79 Å². The second-order valence-corrected chi connectivity index (χ2v) is 7.52. The number of rotatable bonds is 5. The first kappa shape index (κ1) is 19.1. The lowest BCUT2D eigenvalue weighted by molar-refractivity contribution is 0.0936. The molecule has 1 heterocycles. The molecule has 1 amide bonds. The van der Waals surface area contributed by atoms with Gasteiger partial charge in [0.1, 0.15) is 11.3 Å². The third-order valence-electron chi connectivity index (χ3n) is 4.93. The first-order chi connectivity index (χ1) is 14.0. The van der Waals surface area contributed by atoms with Crippen LogP contribution < -0.4 is 10.1 Å². The van der Waals surface area contributed by atoms with Crippen molar-refractivity contribution in [2.45, 2.75) is 13.0 Å². The Morgan fingerprint density at radius 3 is 2.52 bits per heavy atom. The van der Waals surface area contributed by atoms with E-state index in [1.54, 1.807) is 13.2 Å². The van der Waals surface area contributed by atoms with Gasteiger partial charge in [-0.2, -0.15) is 0 Å². The third kappa shape index (κ3) is 3.59. The monoisotopic (exact) mass is 388 g/mol. The lowest BCUT2D eigenvalue weighted by atomic mass is 10.1. The minimum absolute atomic E-state index is 0.0197. The van der Waals surface area contributed by atoms with Crippen LogP contribution in [0.2, 0.25) is 0 Å². The summed E-state index contributed by atoms with van der Waals surface area (Å²) in [5.74, 6) is 0.645. The van der Waals surface area contributed by atoms with E-state index in [9.17, 15) is 4.79 Å². The van der Waals surface area contributed by atoms with Gasteiger partial charge in [0.05, 0.1) is 29.2 Å². The van der Waals surface area contributed by atoms with Crippen LogP contribution in [0.15, 0.2) is 48.5 Å². The Bertz CT molecular complexity index is 1220. The van der Waals surface area contributed by atoms with E-state index in [0.717, 1.165) is 34.1 Å². The van der Waals surface area contributed by atoms with Gasteiger partial charge in [-0.25, -0.2) is 9.97 Å². The van der Waals surface area contributed by atoms with Gasteiger partial charge in [-0.1, -0.05) is 18.2 Å². The van der Waals surface area contributed by atoms with Crippen molar-refractivity contribution in [1.29, 1.82) is 0 Å². The highest BCUT2D eigenvalue weighted by molar-refractivity contribution is 6.11. The number of nitrogens with one attached hydrogen (secondary N) is 1. The summed E-state index contributed by atoms with van der Waals surface area (Å²) in [6.07, 6.45) is 0. The SMILES string of the molecule is COc1cccc2c1ccc1nc3cccc(C(=O)N[C@H](C)CN(C)C)c3nc12. The first-order valence-electron chi connectivity index (χ1n) is 9.59. The molecule has 0 unspecified atom stereocenters. The number of nitrogens with zero attached hydrogens (tertiary/aromatic N) is 3. The number of para-hydroxylation sites is 1. The summed E-state index contributed by atoms with van der Waals surface area (Å²) >= 11 is 0. The number of carbonyl (C=O) groups is 1. The molecule has 148 valence electrons. The highest BCUT2D eigenvalue weighted by Crippen LogP contribution is 2.31. The second-order valence-electron chi connectivity index (χ2n) is 7.52. The number of hydrogen-bond acceptors (Lipinski definition) is 5. The molecule has 0 saturated carbocycles. The molecule has 0 fully saturated rings. The summed E-state index contributed by atoms with van der Waals surface area (Å²) < 4.78 is 5.48. The van der Waals surface area contributed by atoms with E-state index in [2.05, 4.69) is 5.32 Å². The summed E-state index contributed by atoms with van der Waals surface area (Å²) in [6, 6.07) is 15.4. The zero-order valence-corrected chi connectivity index (χ0v) is 17.1. The Balaban J connectivity index is 1.87. The zero-order valence-electron chi connectivity index (χ0n) is 17.1. The predicted octanol–water partition coefficient (Wildman–Crippen LogP) is 3.62. The van der Waals surface area contributed by atoms with Gasteiger partial charge in [-0.05, 0) is 51.4 Å². The standard InChI is InChI=1S/C23H24N4O2/c1-14(13-27(2)3)24-23(28)17-8-5-9-18-22(17)26-21-16-7-6-10-20(29-4)15(16)11-12-19(21)25-18/h5-12,14H,13H2,1-4H3,(H,24,28)/t14-/m1/s1. The molecule has 1 atom stereocenters. The van der Waals surface area contributed by atoms with Crippen LogP contribution in [0.25, 0.3) is 32.8 Å². The van der Waals surface area contributed by atoms with Crippen LogP contribution >= 0.6 is 0 Å². The van der Waals surface area contributed by atoms with E-state index in [1.807, 2.05) is 68.4 Å². The number of carbonyl (C=O) groups excluding carboxylic acids is 1. The molecule has 3 aromatic carbocycles. The lowest BCUT2D eigenvalue weighted by Crippen LogP contribution is -2.39. The minimum Gasteiger partial charge on any atom is -0.496 e. The van der Waals surface area contributed by atoms with Crippen molar-refractivity contribution in [3.63, 3.8) is 0 Å².